The Morgan fingerprint density at radius 3 is 2.64 bits per heavy atom. The lowest BCUT2D eigenvalue weighted by molar-refractivity contribution is 0.0650. The van der Waals surface area contributed by atoms with Crippen molar-refractivity contribution in [1.82, 2.24) is 0 Å². The van der Waals surface area contributed by atoms with Crippen LogP contribution in [0.15, 0.2) is 35.5 Å². The topological polar surface area (TPSA) is 21.6 Å². The second kappa shape index (κ2) is 2.84. The maximum Gasteiger partial charge on any atom is 0.143 e. The minimum Gasteiger partial charge on any atom is -0.389 e. The van der Waals surface area contributed by atoms with Crippen LogP contribution < -0.4 is 0 Å². The molecule has 0 bridgehead atoms. The van der Waals surface area contributed by atoms with Gasteiger partial charge in [-0.3, -0.25) is 0 Å². The summed E-state index contributed by atoms with van der Waals surface area (Å²) < 4.78 is 0. The zero-order valence-electron chi connectivity index (χ0n) is 8.07. The van der Waals surface area contributed by atoms with E-state index in [9.17, 15) is 0 Å². The Morgan fingerprint density at radius 1 is 1.21 bits per heavy atom. The van der Waals surface area contributed by atoms with Gasteiger partial charge in [0.25, 0.3) is 0 Å². The van der Waals surface area contributed by atoms with Crippen LogP contribution in [0.3, 0.4) is 0 Å². The van der Waals surface area contributed by atoms with Gasteiger partial charge in [0.2, 0.25) is 0 Å². The van der Waals surface area contributed by atoms with Gasteiger partial charge in [0.1, 0.15) is 5.60 Å². The molecule has 0 aromatic heterocycles. The van der Waals surface area contributed by atoms with Crippen LogP contribution in [0.1, 0.15) is 24.8 Å². The number of oxime groups is 1. The first-order valence-corrected chi connectivity index (χ1v) is 5.14. The van der Waals surface area contributed by atoms with Gasteiger partial charge in [-0.25, -0.2) is 0 Å². The van der Waals surface area contributed by atoms with E-state index in [1.165, 1.54) is 24.1 Å². The molecule has 2 aliphatic rings. The molecule has 72 valence electrons. The van der Waals surface area contributed by atoms with Crippen LogP contribution in [0.5, 0.6) is 0 Å². The van der Waals surface area contributed by atoms with Gasteiger partial charge < -0.3 is 4.84 Å². The highest BCUT2D eigenvalue weighted by atomic mass is 16.7. The van der Waals surface area contributed by atoms with Gasteiger partial charge in [-0.05, 0) is 18.4 Å². The van der Waals surface area contributed by atoms with Gasteiger partial charge >= 0.3 is 0 Å². The van der Waals surface area contributed by atoms with Gasteiger partial charge in [0, 0.05) is 12.8 Å². The second-order valence-corrected chi connectivity index (χ2v) is 4.27. The van der Waals surface area contributed by atoms with E-state index >= 15 is 0 Å². The molecular weight excluding hydrogens is 174 g/mol. The summed E-state index contributed by atoms with van der Waals surface area (Å²) in [5.74, 6) is 0. The van der Waals surface area contributed by atoms with Crippen LogP contribution in [0.4, 0.5) is 0 Å². The number of nitrogens with zero attached hydrogens (tertiary/aromatic N) is 1. The summed E-state index contributed by atoms with van der Waals surface area (Å²) in [6, 6.07) is 10.5. The monoisotopic (exact) mass is 187 g/mol. The number of hydrogen-bond donors (Lipinski definition) is 0. The Kier molecular flexibility index (Phi) is 1.63. The first-order valence-electron chi connectivity index (χ1n) is 5.14. The van der Waals surface area contributed by atoms with Crippen molar-refractivity contribution in [2.45, 2.75) is 31.3 Å². The van der Waals surface area contributed by atoms with E-state index < -0.39 is 0 Å². The molecule has 1 aromatic rings. The van der Waals surface area contributed by atoms with E-state index in [-0.39, 0.29) is 5.60 Å². The molecule has 1 aliphatic heterocycles. The molecule has 3 rings (SSSR count). The summed E-state index contributed by atoms with van der Waals surface area (Å²) in [6.45, 7) is 0. The van der Waals surface area contributed by atoms with Crippen molar-refractivity contribution in [2.75, 3.05) is 0 Å². The minimum absolute atomic E-state index is 0.143. The lowest BCUT2D eigenvalue weighted by Crippen LogP contribution is -2.09. The summed E-state index contributed by atoms with van der Waals surface area (Å²) in [6.07, 6.45) is 4.37. The molecule has 1 saturated carbocycles. The molecule has 2 nitrogen and oxygen atoms in total. The molecule has 0 atom stereocenters. The van der Waals surface area contributed by atoms with Crippen LogP contribution in [0, 0.1) is 0 Å². The Morgan fingerprint density at radius 2 is 2.00 bits per heavy atom. The van der Waals surface area contributed by atoms with E-state index in [2.05, 4.69) is 29.4 Å². The lowest BCUT2D eigenvalue weighted by Gasteiger charge is -2.01. The van der Waals surface area contributed by atoms with Crippen LogP contribution in [-0.2, 0) is 11.3 Å². The average Bonchev–Trinajstić information content (AvgIpc) is 2.84. The predicted molar refractivity (Wildman–Crippen MR) is 55.2 cm³/mol. The van der Waals surface area contributed by atoms with Crippen molar-refractivity contribution >= 4 is 5.71 Å². The van der Waals surface area contributed by atoms with Gasteiger partial charge in [0.15, 0.2) is 0 Å². The van der Waals surface area contributed by atoms with E-state index in [1.807, 2.05) is 6.07 Å². The van der Waals surface area contributed by atoms with Crippen LogP contribution in [0.25, 0.3) is 0 Å². The first-order chi connectivity index (χ1) is 6.86. The highest BCUT2D eigenvalue weighted by Gasteiger charge is 2.50. The van der Waals surface area contributed by atoms with E-state index in [4.69, 9.17) is 4.84 Å². The van der Waals surface area contributed by atoms with Crippen LogP contribution in [0.2, 0.25) is 0 Å². The molecule has 2 heteroatoms. The number of benzene rings is 1. The molecule has 0 radical (unpaired) electrons. The van der Waals surface area contributed by atoms with Crippen molar-refractivity contribution in [3.05, 3.63) is 35.9 Å². The van der Waals surface area contributed by atoms with Crippen molar-refractivity contribution in [3.63, 3.8) is 0 Å². The quantitative estimate of drug-likeness (QED) is 0.697. The van der Waals surface area contributed by atoms with Crippen molar-refractivity contribution < 1.29 is 4.84 Å². The SMILES string of the molecule is c1ccc(CC2=NOC3(CC3)C2)cc1. The zero-order valence-corrected chi connectivity index (χ0v) is 8.07. The normalized spacial score (nSPS) is 21.9. The smallest absolute Gasteiger partial charge is 0.143 e. The third-order valence-corrected chi connectivity index (χ3v) is 2.95. The standard InChI is InChI=1S/C12H13NO/c1-2-4-10(5-3-1)8-11-9-12(6-7-12)14-13-11/h1-5H,6-9H2. The van der Waals surface area contributed by atoms with Gasteiger partial charge in [-0.15, -0.1) is 0 Å². The molecule has 1 aromatic carbocycles. The summed E-state index contributed by atoms with van der Waals surface area (Å²) in [5, 5.41) is 4.16. The molecular formula is C12H13NO. The summed E-state index contributed by atoms with van der Waals surface area (Å²) >= 11 is 0. The van der Waals surface area contributed by atoms with E-state index in [0.717, 1.165) is 12.8 Å². The maximum atomic E-state index is 5.42. The number of rotatable bonds is 2. The average molecular weight is 187 g/mol. The Balaban J connectivity index is 1.69. The fourth-order valence-corrected chi connectivity index (χ4v) is 1.93. The maximum absolute atomic E-state index is 5.42. The summed E-state index contributed by atoms with van der Waals surface area (Å²) in [4.78, 5) is 5.42. The largest absolute Gasteiger partial charge is 0.389 e. The Bertz CT molecular complexity index is 365. The third-order valence-electron chi connectivity index (χ3n) is 2.95. The van der Waals surface area contributed by atoms with Crippen molar-refractivity contribution in [1.29, 1.82) is 0 Å². The number of hydrogen-bond acceptors (Lipinski definition) is 2. The minimum atomic E-state index is 0.143. The lowest BCUT2D eigenvalue weighted by atomic mass is 10.0. The fourth-order valence-electron chi connectivity index (χ4n) is 1.93. The molecule has 0 N–H and O–H groups in total. The first kappa shape index (κ1) is 8.04. The van der Waals surface area contributed by atoms with Gasteiger partial charge in [0.05, 0.1) is 5.71 Å². The Hall–Kier alpha value is -1.31. The Labute approximate surface area is 83.6 Å². The molecule has 0 saturated heterocycles. The van der Waals surface area contributed by atoms with Crippen molar-refractivity contribution in [3.8, 4) is 0 Å². The molecule has 0 unspecified atom stereocenters. The highest BCUT2D eigenvalue weighted by molar-refractivity contribution is 5.88. The third kappa shape index (κ3) is 1.41. The fraction of sp³-hybridized carbons (Fsp3) is 0.417. The van der Waals surface area contributed by atoms with Gasteiger partial charge in [-0.1, -0.05) is 35.5 Å². The molecule has 0 amide bonds. The van der Waals surface area contributed by atoms with Crippen molar-refractivity contribution in [2.24, 2.45) is 5.16 Å². The molecule has 1 fully saturated rings. The van der Waals surface area contributed by atoms with E-state index in [1.54, 1.807) is 0 Å². The van der Waals surface area contributed by atoms with E-state index in [0.29, 0.717) is 0 Å². The molecule has 1 spiro atoms. The van der Waals surface area contributed by atoms with Crippen LogP contribution >= 0.6 is 0 Å². The molecule has 1 heterocycles. The molecule has 1 aliphatic carbocycles. The predicted octanol–water partition coefficient (Wildman–Crippen LogP) is 2.54. The second-order valence-electron chi connectivity index (χ2n) is 4.27. The summed E-state index contributed by atoms with van der Waals surface area (Å²) in [7, 11) is 0. The summed E-state index contributed by atoms with van der Waals surface area (Å²) in [5.41, 5.74) is 2.67. The van der Waals surface area contributed by atoms with Gasteiger partial charge in [-0.2, -0.15) is 0 Å². The zero-order chi connectivity index (χ0) is 9.43. The molecule has 14 heavy (non-hydrogen) atoms. The van der Waals surface area contributed by atoms with Crippen LogP contribution in [-0.4, -0.2) is 11.3 Å². The highest BCUT2D eigenvalue weighted by Crippen LogP contribution is 2.46.